The van der Waals surface area contributed by atoms with Gasteiger partial charge in [-0.15, -0.1) is 0 Å². The highest BCUT2D eigenvalue weighted by Crippen LogP contribution is 2.38. The van der Waals surface area contributed by atoms with Crippen LogP contribution in [0.15, 0.2) is 16.6 Å². The van der Waals surface area contributed by atoms with E-state index in [9.17, 15) is 0 Å². The molecular formula is C17H28BrNO2. The third-order valence-corrected chi connectivity index (χ3v) is 4.18. The van der Waals surface area contributed by atoms with Crippen LogP contribution in [0.4, 0.5) is 0 Å². The van der Waals surface area contributed by atoms with Gasteiger partial charge in [-0.05, 0) is 66.2 Å². The summed E-state index contributed by atoms with van der Waals surface area (Å²) >= 11 is 3.62. The van der Waals surface area contributed by atoms with E-state index < -0.39 is 0 Å². The highest BCUT2D eigenvalue weighted by molar-refractivity contribution is 9.10. The molecule has 1 unspecified atom stereocenters. The molecule has 1 rings (SSSR count). The summed E-state index contributed by atoms with van der Waals surface area (Å²) in [5, 5.41) is 0. The third-order valence-electron chi connectivity index (χ3n) is 3.59. The van der Waals surface area contributed by atoms with Gasteiger partial charge in [-0.2, -0.15) is 0 Å². The fourth-order valence-corrected chi connectivity index (χ4v) is 2.77. The maximum absolute atomic E-state index is 6.11. The predicted molar refractivity (Wildman–Crippen MR) is 92.3 cm³/mol. The molecule has 0 amide bonds. The fourth-order valence-electron chi connectivity index (χ4n) is 2.19. The first-order valence-corrected chi connectivity index (χ1v) is 8.72. The normalized spacial score (nSPS) is 12.5. The lowest BCUT2D eigenvalue weighted by Gasteiger charge is -2.21. The topological polar surface area (TPSA) is 44.5 Å². The molecule has 0 aliphatic heterocycles. The van der Waals surface area contributed by atoms with E-state index in [0.717, 1.165) is 41.7 Å². The van der Waals surface area contributed by atoms with Crippen molar-refractivity contribution in [2.24, 2.45) is 5.73 Å². The second-order valence-electron chi connectivity index (χ2n) is 5.27. The van der Waals surface area contributed by atoms with Crippen molar-refractivity contribution >= 4 is 15.9 Å². The predicted octanol–water partition coefficient (Wildman–Crippen LogP) is 4.70. The molecule has 4 heteroatoms. The van der Waals surface area contributed by atoms with E-state index in [1.54, 1.807) is 0 Å². The van der Waals surface area contributed by atoms with E-state index in [-0.39, 0.29) is 12.1 Å². The summed E-state index contributed by atoms with van der Waals surface area (Å²) in [4.78, 5) is 0. The van der Waals surface area contributed by atoms with E-state index in [1.807, 2.05) is 6.92 Å². The van der Waals surface area contributed by atoms with Crippen LogP contribution in [0, 0.1) is 0 Å². The smallest absolute Gasteiger partial charge is 0.175 e. The van der Waals surface area contributed by atoms with Crippen LogP contribution in [0.5, 0.6) is 11.5 Å². The number of benzene rings is 1. The molecule has 0 spiro atoms. The Kier molecular flexibility index (Phi) is 8.12. The summed E-state index contributed by atoms with van der Waals surface area (Å²) in [5.41, 5.74) is 7.23. The SMILES string of the molecule is CCOc1cc(CC(N)CC)cc(Br)c1OC(CC)CC. The van der Waals surface area contributed by atoms with Crippen LogP contribution in [0.2, 0.25) is 0 Å². The van der Waals surface area contributed by atoms with Gasteiger partial charge in [-0.25, -0.2) is 0 Å². The summed E-state index contributed by atoms with van der Waals surface area (Å²) in [7, 11) is 0. The van der Waals surface area contributed by atoms with Crippen LogP contribution < -0.4 is 15.2 Å². The molecule has 21 heavy (non-hydrogen) atoms. The lowest BCUT2D eigenvalue weighted by atomic mass is 10.0. The first-order valence-electron chi connectivity index (χ1n) is 7.92. The Morgan fingerprint density at radius 1 is 1.10 bits per heavy atom. The van der Waals surface area contributed by atoms with Gasteiger partial charge in [0.15, 0.2) is 11.5 Å². The molecule has 0 fully saturated rings. The lowest BCUT2D eigenvalue weighted by Crippen LogP contribution is -2.21. The van der Waals surface area contributed by atoms with E-state index >= 15 is 0 Å². The second-order valence-corrected chi connectivity index (χ2v) is 6.12. The van der Waals surface area contributed by atoms with Gasteiger partial charge in [-0.3, -0.25) is 0 Å². The summed E-state index contributed by atoms with van der Waals surface area (Å²) in [6, 6.07) is 4.33. The van der Waals surface area contributed by atoms with Gasteiger partial charge in [-0.1, -0.05) is 20.8 Å². The molecule has 0 saturated heterocycles. The molecule has 0 heterocycles. The summed E-state index contributed by atoms with van der Waals surface area (Å²) in [6.45, 7) is 8.98. The molecule has 3 nitrogen and oxygen atoms in total. The molecule has 0 aromatic heterocycles. The van der Waals surface area contributed by atoms with Crippen molar-refractivity contribution in [3.05, 3.63) is 22.2 Å². The van der Waals surface area contributed by atoms with E-state index in [1.165, 1.54) is 5.56 Å². The van der Waals surface area contributed by atoms with E-state index in [2.05, 4.69) is 48.8 Å². The highest BCUT2D eigenvalue weighted by Gasteiger charge is 2.16. The highest BCUT2D eigenvalue weighted by atomic mass is 79.9. The quantitative estimate of drug-likeness (QED) is 0.696. The first-order chi connectivity index (χ1) is 10.0. The monoisotopic (exact) mass is 357 g/mol. The minimum atomic E-state index is 0.178. The van der Waals surface area contributed by atoms with Gasteiger partial charge in [0.2, 0.25) is 0 Å². The maximum Gasteiger partial charge on any atom is 0.175 e. The van der Waals surface area contributed by atoms with Crippen molar-refractivity contribution in [3.63, 3.8) is 0 Å². The maximum atomic E-state index is 6.11. The van der Waals surface area contributed by atoms with Crippen molar-refractivity contribution in [1.82, 2.24) is 0 Å². The number of nitrogens with two attached hydrogens (primary N) is 1. The van der Waals surface area contributed by atoms with Gasteiger partial charge < -0.3 is 15.2 Å². The van der Waals surface area contributed by atoms with Gasteiger partial charge in [0.25, 0.3) is 0 Å². The zero-order valence-corrected chi connectivity index (χ0v) is 15.2. The van der Waals surface area contributed by atoms with E-state index in [0.29, 0.717) is 6.61 Å². The minimum absolute atomic E-state index is 0.178. The zero-order valence-electron chi connectivity index (χ0n) is 13.6. The third kappa shape index (κ3) is 5.51. The van der Waals surface area contributed by atoms with Crippen molar-refractivity contribution in [2.75, 3.05) is 6.61 Å². The Labute approximate surface area is 137 Å². The zero-order chi connectivity index (χ0) is 15.8. The molecule has 2 N–H and O–H groups in total. The number of hydrogen-bond donors (Lipinski definition) is 1. The van der Waals surface area contributed by atoms with Gasteiger partial charge in [0.1, 0.15) is 0 Å². The fraction of sp³-hybridized carbons (Fsp3) is 0.647. The van der Waals surface area contributed by atoms with Gasteiger partial charge in [0, 0.05) is 6.04 Å². The van der Waals surface area contributed by atoms with Gasteiger partial charge in [0.05, 0.1) is 17.2 Å². The first kappa shape index (κ1) is 18.3. The van der Waals surface area contributed by atoms with Crippen LogP contribution in [-0.4, -0.2) is 18.8 Å². The Morgan fingerprint density at radius 2 is 1.76 bits per heavy atom. The molecule has 0 saturated carbocycles. The average molecular weight is 358 g/mol. The molecule has 1 atom stereocenters. The number of rotatable bonds is 9. The summed E-state index contributed by atoms with van der Waals surface area (Å²) in [6.07, 6.45) is 3.99. The molecule has 0 bridgehead atoms. The van der Waals surface area contributed by atoms with Crippen molar-refractivity contribution in [2.45, 2.75) is 65.5 Å². The van der Waals surface area contributed by atoms with Crippen molar-refractivity contribution in [1.29, 1.82) is 0 Å². The molecule has 120 valence electrons. The number of halogens is 1. The number of ether oxygens (including phenoxy) is 2. The van der Waals surface area contributed by atoms with Crippen molar-refractivity contribution < 1.29 is 9.47 Å². The second kappa shape index (κ2) is 9.31. The molecule has 0 aliphatic carbocycles. The van der Waals surface area contributed by atoms with E-state index in [4.69, 9.17) is 15.2 Å². The van der Waals surface area contributed by atoms with Crippen LogP contribution in [0.3, 0.4) is 0 Å². The minimum Gasteiger partial charge on any atom is -0.490 e. The standard InChI is InChI=1S/C17H28BrNO2/c1-5-13(19)9-12-10-15(18)17(16(11-12)20-8-4)21-14(6-2)7-3/h10-11,13-14H,5-9,19H2,1-4H3. The summed E-state index contributed by atoms with van der Waals surface area (Å²) in [5.74, 6) is 1.61. The number of hydrogen-bond acceptors (Lipinski definition) is 3. The molecular weight excluding hydrogens is 330 g/mol. The Balaban J connectivity index is 3.06. The van der Waals surface area contributed by atoms with Crippen LogP contribution in [0.1, 0.15) is 52.5 Å². The van der Waals surface area contributed by atoms with Crippen LogP contribution in [-0.2, 0) is 6.42 Å². The molecule has 1 aromatic rings. The van der Waals surface area contributed by atoms with Crippen LogP contribution in [0.25, 0.3) is 0 Å². The Morgan fingerprint density at radius 3 is 2.29 bits per heavy atom. The van der Waals surface area contributed by atoms with Crippen LogP contribution >= 0.6 is 15.9 Å². The molecule has 0 aliphatic rings. The molecule has 1 aromatic carbocycles. The van der Waals surface area contributed by atoms with Crippen molar-refractivity contribution in [3.8, 4) is 11.5 Å². The van der Waals surface area contributed by atoms with Gasteiger partial charge >= 0.3 is 0 Å². The lowest BCUT2D eigenvalue weighted by molar-refractivity contribution is 0.180. The Hall–Kier alpha value is -0.740. The Bertz CT molecular complexity index is 433. The summed E-state index contributed by atoms with van der Waals surface area (Å²) < 4.78 is 12.8. The molecule has 0 radical (unpaired) electrons. The average Bonchev–Trinajstić information content (AvgIpc) is 2.47. The largest absolute Gasteiger partial charge is 0.490 e.